The number of pyridine rings is 1. The van der Waals surface area contributed by atoms with Crippen molar-refractivity contribution in [2.75, 3.05) is 13.2 Å². The van der Waals surface area contributed by atoms with Crippen molar-refractivity contribution in [3.05, 3.63) is 23.9 Å². The zero-order valence-electron chi connectivity index (χ0n) is 13.1. The lowest BCUT2D eigenvalue weighted by atomic mass is 10.1. The van der Waals surface area contributed by atoms with E-state index in [1.54, 1.807) is 0 Å². The van der Waals surface area contributed by atoms with E-state index in [0.717, 1.165) is 32.3 Å². The van der Waals surface area contributed by atoms with Crippen LogP contribution in [0.15, 0.2) is 18.3 Å². The number of hydrogen-bond donors (Lipinski definition) is 1. The molecular weight excluding hydrogens is 306 g/mol. The second kappa shape index (κ2) is 8.76. The van der Waals surface area contributed by atoms with Gasteiger partial charge >= 0.3 is 0 Å². The third kappa shape index (κ3) is 6.09. The standard InChI is InChI=1S/C16H22F2N2O3/c1-11(4-6-13-3-2-8-22-13)20-16(21)12-5-7-15(19-9-12)23-10-14(17)18/h5,7,9,11,13-14H,2-4,6,8,10H2,1H3,(H,20,21). The Hall–Kier alpha value is -1.76. The van der Waals surface area contributed by atoms with Crippen molar-refractivity contribution in [2.45, 2.75) is 51.2 Å². The zero-order chi connectivity index (χ0) is 16.7. The van der Waals surface area contributed by atoms with Gasteiger partial charge in [0.2, 0.25) is 5.88 Å². The number of alkyl halides is 2. The van der Waals surface area contributed by atoms with Crippen LogP contribution in [0.5, 0.6) is 5.88 Å². The topological polar surface area (TPSA) is 60.5 Å². The van der Waals surface area contributed by atoms with Gasteiger partial charge < -0.3 is 14.8 Å². The lowest BCUT2D eigenvalue weighted by molar-refractivity contribution is 0.0794. The van der Waals surface area contributed by atoms with E-state index >= 15 is 0 Å². The SMILES string of the molecule is CC(CCC1CCCO1)NC(=O)c1ccc(OCC(F)F)nc1. The van der Waals surface area contributed by atoms with Gasteiger partial charge in [0.15, 0.2) is 6.61 Å². The minimum atomic E-state index is -2.55. The Morgan fingerprint density at radius 2 is 2.35 bits per heavy atom. The molecule has 23 heavy (non-hydrogen) atoms. The molecule has 0 aromatic carbocycles. The van der Waals surface area contributed by atoms with Gasteiger partial charge in [-0.15, -0.1) is 0 Å². The Morgan fingerprint density at radius 3 is 2.96 bits per heavy atom. The van der Waals surface area contributed by atoms with E-state index in [1.807, 2.05) is 6.92 Å². The molecule has 5 nitrogen and oxygen atoms in total. The summed E-state index contributed by atoms with van der Waals surface area (Å²) in [6.45, 7) is 2.07. The van der Waals surface area contributed by atoms with Crippen molar-refractivity contribution in [2.24, 2.45) is 0 Å². The molecule has 1 aliphatic heterocycles. The maximum absolute atomic E-state index is 12.1. The first-order chi connectivity index (χ1) is 11.0. The Morgan fingerprint density at radius 1 is 1.52 bits per heavy atom. The molecule has 0 radical (unpaired) electrons. The third-order valence-electron chi connectivity index (χ3n) is 3.68. The van der Waals surface area contributed by atoms with Gasteiger partial charge in [0.25, 0.3) is 12.3 Å². The van der Waals surface area contributed by atoms with Gasteiger partial charge in [-0.1, -0.05) is 0 Å². The van der Waals surface area contributed by atoms with Gasteiger partial charge in [0, 0.05) is 24.9 Å². The van der Waals surface area contributed by atoms with E-state index in [9.17, 15) is 13.6 Å². The van der Waals surface area contributed by atoms with E-state index < -0.39 is 13.0 Å². The molecule has 2 unspecified atom stereocenters. The fraction of sp³-hybridized carbons (Fsp3) is 0.625. The van der Waals surface area contributed by atoms with Gasteiger partial charge in [-0.3, -0.25) is 4.79 Å². The fourth-order valence-electron chi connectivity index (χ4n) is 2.44. The van der Waals surface area contributed by atoms with Crippen LogP contribution >= 0.6 is 0 Å². The molecule has 2 heterocycles. The lowest BCUT2D eigenvalue weighted by Crippen LogP contribution is -2.33. The summed E-state index contributed by atoms with van der Waals surface area (Å²) in [6, 6.07) is 2.95. The number of carbonyl (C=O) groups is 1. The highest BCUT2D eigenvalue weighted by molar-refractivity contribution is 5.94. The summed E-state index contributed by atoms with van der Waals surface area (Å²) in [7, 11) is 0. The highest BCUT2D eigenvalue weighted by atomic mass is 19.3. The molecule has 1 N–H and O–H groups in total. The van der Waals surface area contributed by atoms with Crippen molar-refractivity contribution in [3.8, 4) is 5.88 Å². The van der Waals surface area contributed by atoms with E-state index in [-0.39, 0.29) is 17.8 Å². The summed E-state index contributed by atoms with van der Waals surface area (Å²) in [5, 5.41) is 2.89. The first-order valence-corrected chi connectivity index (χ1v) is 7.84. The van der Waals surface area contributed by atoms with Crippen molar-refractivity contribution in [1.29, 1.82) is 0 Å². The second-order valence-electron chi connectivity index (χ2n) is 5.67. The molecule has 1 saturated heterocycles. The summed E-state index contributed by atoms with van der Waals surface area (Å²) in [5.74, 6) is -0.161. The van der Waals surface area contributed by atoms with E-state index in [2.05, 4.69) is 10.3 Å². The summed E-state index contributed by atoms with van der Waals surface area (Å²) < 4.78 is 34.4. The molecular formula is C16H22F2N2O3. The molecule has 1 aromatic heterocycles. The van der Waals surface area contributed by atoms with Crippen molar-refractivity contribution in [1.82, 2.24) is 10.3 Å². The van der Waals surface area contributed by atoms with Crippen LogP contribution in [-0.2, 0) is 4.74 Å². The first-order valence-electron chi connectivity index (χ1n) is 7.84. The molecule has 1 fully saturated rings. The van der Waals surface area contributed by atoms with Crippen LogP contribution in [0.25, 0.3) is 0 Å². The first kappa shape index (κ1) is 17.6. The quantitative estimate of drug-likeness (QED) is 0.797. The normalized spacial score (nSPS) is 18.9. The van der Waals surface area contributed by atoms with Crippen LogP contribution in [0.1, 0.15) is 43.0 Å². The maximum atomic E-state index is 12.1. The predicted molar refractivity (Wildman–Crippen MR) is 80.9 cm³/mol. The van der Waals surface area contributed by atoms with Crippen molar-refractivity contribution >= 4 is 5.91 Å². The smallest absolute Gasteiger partial charge is 0.272 e. The average molecular weight is 328 g/mol. The summed E-state index contributed by atoms with van der Waals surface area (Å²) in [5.41, 5.74) is 0.373. The number of carbonyl (C=O) groups excluding carboxylic acids is 1. The molecule has 0 spiro atoms. The van der Waals surface area contributed by atoms with Crippen LogP contribution in [0.3, 0.4) is 0 Å². The lowest BCUT2D eigenvalue weighted by Gasteiger charge is -2.16. The number of hydrogen-bond acceptors (Lipinski definition) is 4. The number of halogens is 2. The summed E-state index contributed by atoms with van der Waals surface area (Å²) in [6.07, 6.45) is 3.05. The van der Waals surface area contributed by atoms with Gasteiger partial charge in [-0.2, -0.15) is 0 Å². The minimum absolute atomic E-state index is 0.0291. The number of nitrogens with one attached hydrogen (secondary N) is 1. The summed E-state index contributed by atoms with van der Waals surface area (Å²) in [4.78, 5) is 15.9. The highest BCUT2D eigenvalue weighted by Crippen LogP contribution is 2.17. The molecule has 7 heteroatoms. The highest BCUT2D eigenvalue weighted by Gasteiger charge is 2.17. The van der Waals surface area contributed by atoms with Crippen molar-refractivity contribution in [3.63, 3.8) is 0 Å². The minimum Gasteiger partial charge on any atom is -0.472 e. The molecule has 1 aliphatic rings. The molecule has 0 saturated carbocycles. The Kier molecular flexibility index (Phi) is 6.70. The molecule has 1 amide bonds. The van der Waals surface area contributed by atoms with Gasteiger partial charge in [0.1, 0.15) is 0 Å². The molecule has 2 rings (SSSR count). The van der Waals surface area contributed by atoms with Crippen LogP contribution in [0.2, 0.25) is 0 Å². The molecule has 1 aromatic rings. The third-order valence-corrected chi connectivity index (χ3v) is 3.68. The maximum Gasteiger partial charge on any atom is 0.272 e. The van der Waals surface area contributed by atoms with Gasteiger partial charge in [0.05, 0.1) is 11.7 Å². The fourth-order valence-corrected chi connectivity index (χ4v) is 2.44. The van der Waals surface area contributed by atoms with Crippen LogP contribution in [0, 0.1) is 0 Å². The Bertz CT molecular complexity index is 491. The summed E-state index contributed by atoms with van der Waals surface area (Å²) >= 11 is 0. The predicted octanol–water partition coefficient (Wildman–Crippen LogP) is 2.80. The van der Waals surface area contributed by atoms with Crippen LogP contribution < -0.4 is 10.1 Å². The molecule has 0 aliphatic carbocycles. The van der Waals surface area contributed by atoms with E-state index in [0.29, 0.717) is 11.7 Å². The van der Waals surface area contributed by atoms with Crippen LogP contribution in [0.4, 0.5) is 8.78 Å². The molecule has 0 bridgehead atoms. The number of aromatic nitrogens is 1. The van der Waals surface area contributed by atoms with Crippen LogP contribution in [-0.4, -0.2) is 42.7 Å². The van der Waals surface area contributed by atoms with Crippen molar-refractivity contribution < 1.29 is 23.0 Å². The second-order valence-corrected chi connectivity index (χ2v) is 5.67. The zero-order valence-corrected chi connectivity index (χ0v) is 13.1. The monoisotopic (exact) mass is 328 g/mol. The van der Waals surface area contributed by atoms with E-state index in [4.69, 9.17) is 9.47 Å². The Balaban J connectivity index is 1.75. The average Bonchev–Trinajstić information content (AvgIpc) is 3.05. The molecule has 2 atom stereocenters. The number of rotatable bonds is 8. The number of amides is 1. The van der Waals surface area contributed by atoms with Gasteiger partial charge in [-0.05, 0) is 38.7 Å². The number of nitrogens with zero attached hydrogens (tertiary/aromatic N) is 1. The Labute approximate surface area is 134 Å². The number of ether oxygens (including phenoxy) is 2. The van der Waals surface area contributed by atoms with E-state index in [1.165, 1.54) is 18.3 Å². The molecule has 128 valence electrons. The van der Waals surface area contributed by atoms with Gasteiger partial charge in [-0.25, -0.2) is 13.8 Å². The largest absolute Gasteiger partial charge is 0.472 e.